The van der Waals surface area contributed by atoms with Crippen molar-refractivity contribution < 1.29 is 23.6 Å². The Hall–Kier alpha value is -0.950. The van der Waals surface area contributed by atoms with Crippen LogP contribution in [0.2, 0.25) is 0 Å². The standard InChI is InChI=1S/C11H19NO5S/c1-8(13)12-10(11(14)15)7-18(16)6-9-2-4-17-5-3-9/h9-10H,2-7H2,1H3,(H,12,13)(H,14,15). The summed E-state index contributed by atoms with van der Waals surface area (Å²) < 4.78 is 17.1. The van der Waals surface area contributed by atoms with E-state index < -0.39 is 28.7 Å². The summed E-state index contributed by atoms with van der Waals surface area (Å²) in [7, 11) is -1.24. The van der Waals surface area contributed by atoms with Gasteiger partial charge in [-0.15, -0.1) is 0 Å². The van der Waals surface area contributed by atoms with Gasteiger partial charge < -0.3 is 15.2 Å². The Kier molecular flexibility index (Phi) is 6.28. The Morgan fingerprint density at radius 3 is 2.56 bits per heavy atom. The quantitative estimate of drug-likeness (QED) is 0.698. The minimum absolute atomic E-state index is 0.0354. The fourth-order valence-electron chi connectivity index (χ4n) is 1.85. The molecular formula is C11H19NO5S. The van der Waals surface area contributed by atoms with Crippen molar-refractivity contribution in [3.05, 3.63) is 0 Å². The lowest BCUT2D eigenvalue weighted by atomic mass is 10.0. The zero-order valence-electron chi connectivity index (χ0n) is 10.4. The van der Waals surface area contributed by atoms with E-state index >= 15 is 0 Å². The number of aliphatic carboxylic acids is 1. The zero-order valence-corrected chi connectivity index (χ0v) is 11.2. The summed E-state index contributed by atoms with van der Waals surface area (Å²) in [6, 6.07) is -1.07. The van der Waals surface area contributed by atoms with Gasteiger partial charge in [-0.2, -0.15) is 0 Å². The van der Waals surface area contributed by atoms with Gasteiger partial charge in [0.25, 0.3) is 0 Å². The van der Waals surface area contributed by atoms with Crippen molar-refractivity contribution >= 4 is 22.7 Å². The highest BCUT2D eigenvalue weighted by atomic mass is 32.2. The molecule has 0 aliphatic carbocycles. The van der Waals surface area contributed by atoms with E-state index in [-0.39, 0.29) is 5.75 Å². The van der Waals surface area contributed by atoms with Gasteiger partial charge >= 0.3 is 5.97 Å². The Labute approximate surface area is 109 Å². The third-order valence-electron chi connectivity index (χ3n) is 2.79. The Bertz CT molecular complexity index is 327. The summed E-state index contributed by atoms with van der Waals surface area (Å²) in [6.45, 7) is 2.60. The van der Waals surface area contributed by atoms with Gasteiger partial charge in [0, 0.05) is 36.7 Å². The summed E-state index contributed by atoms with van der Waals surface area (Å²) in [5, 5.41) is 11.2. The first-order chi connectivity index (χ1) is 8.49. The Morgan fingerprint density at radius 1 is 1.44 bits per heavy atom. The van der Waals surface area contributed by atoms with Crippen LogP contribution in [0.25, 0.3) is 0 Å². The molecule has 0 bridgehead atoms. The lowest BCUT2D eigenvalue weighted by Gasteiger charge is -2.22. The first-order valence-electron chi connectivity index (χ1n) is 5.91. The van der Waals surface area contributed by atoms with Crippen LogP contribution in [-0.2, 0) is 25.1 Å². The first-order valence-corrected chi connectivity index (χ1v) is 7.40. The fraction of sp³-hybridized carbons (Fsp3) is 0.818. The van der Waals surface area contributed by atoms with Gasteiger partial charge in [-0.25, -0.2) is 4.79 Å². The number of nitrogens with one attached hydrogen (secondary N) is 1. The van der Waals surface area contributed by atoms with Crippen LogP contribution in [0, 0.1) is 5.92 Å². The van der Waals surface area contributed by atoms with E-state index in [2.05, 4.69) is 5.32 Å². The van der Waals surface area contributed by atoms with Gasteiger partial charge in [0.2, 0.25) is 5.91 Å². The molecule has 1 saturated heterocycles. The monoisotopic (exact) mass is 277 g/mol. The van der Waals surface area contributed by atoms with Crippen molar-refractivity contribution in [3.8, 4) is 0 Å². The Balaban J connectivity index is 2.40. The minimum atomic E-state index is -1.24. The lowest BCUT2D eigenvalue weighted by Crippen LogP contribution is -2.44. The minimum Gasteiger partial charge on any atom is -0.480 e. The predicted molar refractivity (Wildman–Crippen MR) is 66.7 cm³/mol. The molecule has 0 aromatic heterocycles. The summed E-state index contributed by atoms with van der Waals surface area (Å²) in [5.74, 6) is -0.804. The summed E-state index contributed by atoms with van der Waals surface area (Å²) in [6.07, 6.45) is 1.73. The smallest absolute Gasteiger partial charge is 0.327 e. The van der Waals surface area contributed by atoms with Crippen molar-refractivity contribution in [2.45, 2.75) is 25.8 Å². The van der Waals surface area contributed by atoms with Crippen molar-refractivity contribution in [1.29, 1.82) is 0 Å². The SMILES string of the molecule is CC(=O)NC(CS(=O)CC1CCOCC1)C(=O)O. The van der Waals surface area contributed by atoms with E-state index in [1.165, 1.54) is 6.92 Å². The number of carbonyl (C=O) groups excluding carboxylic acids is 1. The van der Waals surface area contributed by atoms with E-state index in [1.807, 2.05) is 0 Å². The molecule has 1 heterocycles. The number of carboxylic acid groups (broad SMARTS) is 1. The number of hydrogen-bond acceptors (Lipinski definition) is 4. The van der Waals surface area contributed by atoms with Crippen molar-refractivity contribution in [3.63, 3.8) is 0 Å². The van der Waals surface area contributed by atoms with Gasteiger partial charge in [0.05, 0.1) is 5.75 Å². The van der Waals surface area contributed by atoms with Crippen LogP contribution >= 0.6 is 0 Å². The number of amides is 1. The van der Waals surface area contributed by atoms with Gasteiger partial charge in [0.15, 0.2) is 0 Å². The van der Waals surface area contributed by atoms with Crippen molar-refractivity contribution in [1.82, 2.24) is 5.32 Å². The summed E-state index contributed by atoms with van der Waals surface area (Å²) in [4.78, 5) is 21.7. The second-order valence-corrected chi connectivity index (χ2v) is 5.97. The molecular weight excluding hydrogens is 258 g/mol. The Morgan fingerprint density at radius 2 is 2.06 bits per heavy atom. The highest BCUT2D eigenvalue weighted by molar-refractivity contribution is 7.85. The molecule has 18 heavy (non-hydrogen) atoms. The molecule has 104 valence electrons. The predicted octanol–water partition coefficient (Wildman–Crippen LogP) is -0.249. The molecule has 0 saturated carbocycles. The van der Waals surface area contributed by atoms with Crippen LogP contribution < -0.4 is 5.32 Å². The highest BCUT2D eigenvalue weighted by Crippen LogP contribution is 2.16. The average Bonchev–Trinajstić information content (AvgIpc) is 2.28. The molecule has 2 N–H and O–H groups in total. The van der Waals surface area contributed by atoms with Crippen LogP contribution in [0.4, 0.5) is 0 Å². The maximum Gasteiger partial charge on any atom is 0.327 e. The van der Waals surface area contributed by atoms with Crippen LogP contribution in [-0.4, -0.2) is 52.0 Å². The maximum absolute atomic E-state index is 11.9. The van der Waals surface area contributed by atoms with Crippen molar-refractivity contribution in [2.75, 3.05) is 24.7 Å². The molecule has 0 aromatic carbocycles. The normalized spacial score (nSPS) is 20.1. The van der Waals surface area contributed by atoms with Crippen LogP contribution in [0.5, 0.6) is 0 Å². The van der Waals surface area contributed by atoms with E-state index in [1.54, 1.807) is 0 Å². The fourth-order valence-corrected chi connectivity index (χ4v) is 3.44. The highest BCUT2D eigenvalue weighted by Gasteiger charge is 2.23. The van der Waals surface area contributed by atoms with E-state index in [9.17, 15) is 13.8 Å². The van der Waals surface area contributed by atoms with E-state index in [0.717, 1.165) is 12.8 Å². The van der Waals surface area contributed by atoms with Crippen molar-refractivity contribution in [2.24, 2.45) is 5.92 Å². The molecule has 2 atom stereocenters. The number of hydrogen-bond donors (Lipinski definition) is 2. The molecule has 0 radical (unpaired) electrons. The molecule has 6 nitrogen and oxygen atoms in total. The second-order valence-electron chi connectivity index (χ2n) is 4.42. The summed E-state index contributed by atoms with van der Waals surface area (Å²) in [5.41, 5.74) is 0. The van der Waals surface area contributed by atoms with Crippen LogP contribution in [0.1, 0.15) is 19.8 Å². The van der Waals surface area contributed by atoms with Gasteiger partial charge in [0.1, 0.15) is 6.04 Å². The van der Waals surface area contributed by atoms with Gasteiger partial charge in [-0.1, -0.05) is 0 Å². The molecule has 1 amide bonds. The maximum atomic E-state index is 11.9. The molecule has 1 aliphatic heterocycles. The first kappa shape index (κ1) is 15.1. The molecule has 1 rings (SSSR count). The van der Waals surface area contributed by atoms with Crippen LogP contribution in [0.15, 0.2) is 0 Å². The number of rotatable bonds is 6. The third-order valence-corrected chi connectivity index (χ3v) is 4.34. The van der Waals surface area contributed by atoms with E-state index in [4.69, 9.17) is 9.84 Å². The third kappa shape index (κ3) is 5.59. The number of ether oxygens (including phenoxy) is 1. The zero-order chi connectivity index (χ0) is 13.5. The number of carbonyl (C=O) groups is 2. The summed E-state index contributed by atoms with van der Waals surface area (Å²) >= 11 is 0. The molecule has 0 spiro atoms. The largest absolute Gasteiger partial charge is 0.480 e. The van der Waals surface area contributed by atoms with E-state index in [0.29, 0.717) is 24.9 Å². The van der Waals surface area contributed by atoms with Gasteiger partial charge in [-0.05, 0) is 18.8 Å². The lowest BCUT2D eigenvalue weighted by molar-refractivity contribution is -0.140. The molecule has 1 fully saturated rings. The molecule has 7 heteroatoms. The molecule has 0 aromatic rings. The number of carboxylic acids is 1. The average molecular weight is 277 g/mol. The molecule has 1 aliphatic rings. The molecule has 2 unspecified atom stereocenters. The topological polar surface area (TPSA) is 92.7 Å². The van der Waals surface area contributed by atoms with Crippen LogP contribution in [0.3, 0.4) is 0 Å². The second kappa shape index (κ2) is 7.48. The van der Waals surface area contributed by atoms with Gasteiger partial charge in [-0.3, -0.25) is 9.00 Å².